The molecule has 5 rings (SSSR count). The van der Waals surface area contributed by atoms with E-state index in [4.69, 9.17) is 0 Å². The van der Waals surface area contributed by atoms with Crippen molar-refractivity contribution in [2.45, 2.75) is 58.3 Å². The third-order valence-corrected chi connectivity index (χ3v) is 7.27. The van der Waals surface area contributed by atoms with Gasteiger partial charge in [0.05, 0.1) is 0 Å². The molecule has 4 atom stereocenters. The number of aromatic nitrogens is 4. The molecule has 0 radical (unpaired) electrons. The average Bonchev–Trinajstić information content (AvgIpc) is 2.97. The predicted octanol–water partition coefficient (Wildman–Crippen LogP) is 3.67. The number of benzene rings is 1. The fraction of sp³-hybridized carbons (Fsp3) is 0.571. The van der Waals surface area contributed by atoms with Gasteiger partial charge >= 0.3 is 0 Å². The topological polar surface area (TPSA) is 68.6 Å². The van der Waals surface area contributed by atoms with E-state index < -0.39 is 0 Å². The monoisotopic (exact) mass is 348 g/mol. The quantitative estimate of drug-likeness (QED) is 0.786. The molecule has 2 saturated carbocycles. The standard InChI is InChI=1S/C21H24N4O/c1-12-22-24-20(25-23-12)14-4-5-15-13(11-14)3-6-17-16(15)9-10-21(2)18(17)7-8-19(21)26/h4-5,11,16-18H,3,6-10H2,1-2H3/t16-,17-,18+,21+/m1/s1. The van der Waals surface area contributed by atoms with Crippen molar-refractivity contribution in [1.29, 1.82) is 0 Å². The summed E-state index contributed by atoms with van der Waals surface area (Å²) in [6.45, 7) is 4.03. The average molecular weight is 348 g/mol. The van der Waals surface area contributed by atoms with Gasteiger partial charge in [0.2, 0.25) is 5.82 Å². The Morgan fingerprint density at radius 1 is 1.04 bits per heavy atom. The number of carbonyl (C=O) groups is 1. The van der Waals surface area contributed by atoms with E-state index in [9.17, 15) is 4.79 Å². The number of nitrogens with zero attached hydrogens (tertiary/aromatic N) is 4. The largest absolute Gasteiger partial charge is 0.299 e. The molecule has 3 aliphatic rings. The maximum Gasteiger partial charge on any atom is 0.203 e. The van der Waals surface area contributed by atoms with Gasteiger partial charge in [-0.3, -0.25) is 4.79 Å². The van der Waals surface area contributed by atoms with Crippen molar-refractivity contribution in [3.63, 3.8) is 0 Å². The first kappa shape index (κ1) is 16.0. The zero-order valence-corrected chi connectivity index (χ0v) is 15.4. The Balaban J connectivity index is 1.48. The summed E-state index contributed by atoms with van der Waals surface area (Å²) in [5.74, 6) is 3.54. The van der Waals surface area contributed by atoms with Crippen LogP contribution in [0.5, 0.6) is 0 Å². The van der Waals surface area contributed by atoms with Gasteiger partial charge in [-0.15, -0.1) is 20.4 Å². The summed E-state index contributed by atoms with van der Waals surface area (Å²) in [5, 5.41) is 16.4. The van der Waals surface area contributed by atoms with E-state index in [0.717, 1.165) is 37.7 Å². The third-order valence-electron chi connectivity index (χ3n) is 7.27. The van der Waals surface area contributed by atoms with E-state index in [0.29, 0.717) is 35.2 Å². The summed E-state index contributed by atoms with van der Waals surface area (Å²) in [5.41, 5.74) is 3.85. The van der Waals surface area contributed by atoms with Crippen molar-refractivity contribution in [2.24, 2.45) is 17.3 Å². The van der Waals surface area contributed by atoms with Crippen molar-refractivity contribution in [3.8, 4) is 11.4 Å². The van der Waals surface area contributed by atoms with Crippen LogP contribution >= 0.6 is 0 Å². The number of hydrogen-bond donors (Lipinski definition) is 0. The third kappa shape index (κ3) is 2.25. The number of ketones is 1. The van der Waals surface area contributed by atoms with Crippen LogP contribution in [0, 0.1) is 24.2 Å². The number of aryl methyl sites for hydroxylation is 2. The lowest BCUT2D eigenvalue weighted by Crippen LogP contribution is -2.42. The lowest BCUT2D eigenvalue weighted by atomic mass is 9.55. The van der Waals surface area contributed by atoms with Crippen molar-refractivity contribution in [1.82, 2.24) is 20.4 Å². The minimum absolute atomic E-state index is 0.0499. The summed E-state index contributed by atoms with van der Waals surface area (Å²) < 4.78 is 0. The van der Waals surface area contributed by atoms with Gasteiger partial charge in [0, 0.05) is 17.4 Å². The minimum Gasteiger partial charge on any atom is -0.299 e. The molecule has 0 amide bonds. The number of fused-ring (bicyclic) bond motifs is 5. The van der Waals surface area contributed by atoms with Crippen LogP contribution in [0.3, 0.4) is 0 Å². The Morgan fingerprint density at radius 3 is 2.65 bits per heavy atom. The molecule has 1 aromatic carbocycles. The van der Waals surface area contributed by atoms with E-state index in [1.54, 1.807) is 6.92 Å². The van der Waals surface area contributed by atoms with Crippen LogP contribution in [0.15, 0.2) is 18.2 Å². The molecule has 2 fully saturated rings. The van der Waals surface area contributed by atoms with Crippen molar-refractivity contribution in [3.05, 3.63) is 35.2 Å². The van der Waals surface area contributed by atoms with Crippen LogP contribution in [0.25, 0.3) is 11.4 Å². The molecule has 0 saturated heterocycles. The Morgan fingerprint density at radius 2 is 1.85 bits per heavy atom. The van der Waals surface area contributed by atoms with E-state index >= 15 is 0 Å². The zero-order valence-electron chi connectivity index (χ0n) is 15.4. The molecule has 2 aromatic rings. The Hall–Kier alpha value is -2.17. The Kier molecular flexibility index (Phi) is 3.49. The highest BCUT2D eigenvalue weighted by molar-refractivity contribution is 5.87. The molecule has 5 nitrogen and oxygen atoms in total. The highest BCUT2D eigenvalue weighted by Crippen LogP contribution is 2.59. The molecular weight excluding hydrogens is 324 g/mol. The Labute approximate surface area is 153 Å². The maximum atomic E-state index is 12.5. The second kappa shape index (κ2) is 5.66. The Bertz CT molecular complexity index is 878. The van der Waals surface area contributed by atoms with Gasteiger partial charge in [-0.2, -0.15) is 0 Å². The maximum absolute atomic E-state index is 12.5. The SMILES string of the molecule is Cc1nnc(-c2ccc3c(c2)CC[C@@H]2[C@@H]3CC[C@]3(C)C(=O)CC[C@@H]23)nn1. The molecule has 5 heteroatoms. The summed E-state index contributed by atoms with van der Waals surface area (Å²) in [6.07, 6.45) is 6.35. The molecule has 1 heterocycles. The van der Waals surface area contributed by atoms with Gasteiger partial charge in [0.15, 0.2) is 5.82 Å². The second-order valence-electron chi connectivity index (χ2n) is 8.52. The van der Waals surface area contributed by atoms with Gasteiger partial charge in [-0.05, 0) is 74.0 Å². The summed E-state index contributed by atoms with van der Waals surface area (Å²) in [6, 6.07) is 6.61. The van der Waals surface area contributed by atoms with E-state index in [1.807, 2.05) is 0 Å². The van der Waals surface area contributed by atoms with Crippen molar-refractivity contribution >= 4 is 5.78 Å². The smallest absolute Gasteiger partial charge is 0.203 e. The molecule has 26 heavy (non-hydrogen) atoms. The van der Waals surface area contributed by atoms with Gasteiger partial charge in [0.1, 0.15) is 5.78 Å². The highest BCUT2D eigenvalue weighted by atomic mass is 16.1. The van der Waals surface area contributed by atoms with Crippen LogP contribution in [-0.4, -0.2) is 26.2 Å². The van der Waals surface area contributed by atoms with Gasteiger partial charge in [-0.1, -0.05) is 19.1 Å². The van der Waals surface area contributed by atoms with Crippen molar-refractivity contribution < 1.29 is 4.79 Å². The first-order valence-corrected chi connectivity index (χ1v) is 9.77. The van der Waals surface area contributed by atoms with Crippen LogP contribution < -0.4 is 0 Å². The number of Topliss-reactive ketones (excluding diaryl/α,β-unsaturated/α-hetero) is 1. The van der Waals surface area contributed by atoms with E-state index in [1.165, 1.54) is 17.5 Å². The van der Waals surface area contributed by atoms with Gasteiger partial charge in [0.25, 0.3) is 0 Å². The number of carbonyl (C=O) groups excluding carboxylic acids is 1. The van der Waals surface area contributed by atoms with Gasteiger partial charge in [-0.25, -0.2) is 0 Å². The molecule has 134 valence electrons. The minimum atomic E-state index is -0.0499. The van der Waals surface area contributed by atoms with Crippen molar-refractivity contribution in [2.75, 3.05) is 0 Å². The summed E-state index contributed by atoms with van der Waals surface area (Å²) >= 11 is 0. The second-order valence-corrected chi connectivity index (χ2v) is 8.52. The molecule has 1 aromatic heterocycles. The van der Waals surface area contributed by atoms with Crippen LogP contribution in [0.2, 0.25) is 0 Å². The fourth-order valence-electron chi connectivity index (χ4n) is 5.89. The number of rotatable bonds is 1. The lowest BCUT2D eigenvalue weighted by molar-refractivity contribution is -0.129. The number of hydrogen-bond acceptors (Lipinski definition) is 5. The highest BCUT2D eigenvalue weighted by Gasteiger charge is 2.54. The molecule has 0 N–H and O–H groups in total. The molecule has 0 spiro atoms. The first-order valence-electron chi connectivity index (χ1n) is 9.77. The van der Waals surface area contributed by atoms with Crippen LogP contribution in [-0.2, 0) is 11.2 Å². The molecular formula is C21H24N4O. The lowest BCUT2D eigenvalue weighted by Gasteiger charge is -2.48. The molecule has 0 aliphatic heterocycles. The normalized spacial score (nSPS) is 32.7. The molecule has 3 aliphatic carbocycles. The van der Waals surface area contributed by atoms with E-state index in [-0.39, 0.29) is 5.41 Å². The molecule has 0 unspecified atom stereocenters. The summed E-state index contributed by atoms with van der Waals surface area (Å²) in [4.78, 5) is 12.5. The zero-order chi connectivity index (χ0) is 17.9. The first-order chi connectivity index (χ1) is 12.6. The van der Waals surface area contributed by atoms with Gasteiger partial charge < -0.3 is 0 Å². The molecule has 0 bridgehead atoms. The van der Waals surface area contributed by atoms with Crippen LogP contribution in [0.4, 0.5) is 0 Å². The van der Waals surface area contributed by atoms with E-state index in [2.05, 4.69) is 45.5 Å². The fourth-order valence-corrected chi connectivity index (χ4v) is 5.89. The van der Waals surface area contributed by atoms with Crippen LogP contribution in [0.1, 0.15) is 61.9 Å². The predicted molar refractivity (Wildman–Crippen MR) is 97.4 cm³/mol. The summed E-state index contributed by atoms with van der Waals surface area (Å²) in [7, 11) is 0.